The third kappa shape index (κ3) is 5.97. The molecule has 4 rings (SSSR count). The number of benzene rings is 2. The normalized spacial score (nSPS) is 11.6. The minimum atomic E-state index is -4.62. The van der Waals surface area contributed by atoms with Gasteiger partial charge in [0.25, 0.3) is 5.91 Å². The fraction of sp³-hybridized carbons (Fsp3) is 0.200. The van der Waals surface area contributed by atoms with Gasteiger partial charge in [0.1, 0.15) is 11.4 Å². The lowest BCUT2D eigenvalue weighted by Crippen LogP contribution is -2.27. The third-order valence-electron chi connectivity index (χ3n) is 5.51. The molecule has 9 nitrogen and oxygen atoms in total. The number of hydrogen-bond donors (Lipinski definition) is 1. The Morgan fingerprint density at radius 3 is 2.68 bits per heavy atom. The van der Waals surface area contributed by atoms with Crippen molar-refractivity contribution in [2.45, 2.75) is 12.6 Å². The Kier molecular flexibility index (Phi) is 8.01. The van der Waals surface area contributed by atoms with Crippen LogP contribution in [-0.4, -0.2) is 58.4 Å². The van der Waals surface area contributed by atoms with Crippen molar-refractivity contribution in [2.24, 2.45) is 4.99 Å². The van der Waals surface area contributed by atoms with E-state index in [9.17, 15) is 18.0 Å². The van der Waals surface area contributed by atoms with Gasteiger partial charge >= 0.3 is 6.18 Å². The van der Waals surface area contributed by atoms with Crippen molar-refractivity contribution in [1.82, 2.24) is 25.6 Å². The Bertz CT molecular complexity index is 1460. The molecular formula is C25H21ClF3N7O2. The zero-order valence-electron chi connectivity index (χ0n) is 20.2. The van der Waals surface area contributed by atoms with Gasteiger partial charge in [-0.3, -0.25) is 14.8 Å². The minimum absolute atomic E-state index is 0.162. The van der Waals surface area contributed by atoms with Crippen LogP contribution in [0.5, 0.6) is 5.75 Å². The van der Waals surface area contributed by atoms with Gasteiger partial charge in [-0.1, -0.05) is 23.7 Å². The average Bonchev–Trinajstić information content (AvgIpc) is 3.42. The second-order valence-electron chi connectivity index (χ2n) is 8.01. The molecule has 0 unspecified atom stereocenters. The number of para-hydroxylation sites is 2. The van der Waals surface area contributed by atoms with Crippen LogP contribution in [0.15, 0.2) is 59.7 Å². The summed E-state index contributed by atoms with van der Waals surface area (Å²) in [5, 5.41) is 13.7. The molecule has 0 atom stereocenters. The quantitative estimate of drug-likeness (QED) is 0.317. The molecule has 196 valence electrons. The van der Waals surface area contributed by atoms with Crippen LogP contribution in [0.4, 0.5) is 18.9 Å². The zero-order chi connectivity index (χ0) is 27.3. The van der Waals surface area contributed by atoms with Crippen molar-refractivity contribution in [3.8, 4) is 16.9 Å². The van der Waals surface area contributed by atoms with Gasteiger partial charge in [0.15, 0.2) is 5.82 Å². The molecule has 2 aromatic heterocycles. The fourth-order valence-corrected chi connectivity index (χ4v) is 3.88. The number of alkyl halides is 3. The predicted octanol–water partition coefficient (Wildman–Crippen LogP) is 4.88. The number of amides is 1. The van der Waals surface area contributed by atoms with Crippen LogP contribution in [0.2, 0.25) is 5.02 Å². The number of carbonyl (C=O) groups is 1. The lowest BCUT2D eigenvalue weighted by Gasteiger charge is -2.21. The SMILES string of the molecule is C/N=C/c1cc(C(F)(F)F)ncc1-c1cc(C(=O)N(C)c2ccccc2OCCc2nnn[nH]2)ccc1Cl. The number of pyridine rings is 1. The summed E-state index contributed by atoms with van der Waals surface area (Å²) in [6.07, 6.45) is -1.83. The van der Waals surface area contributed by atoms with Crippen molar-refractivity contribution >= 4 is 29.4 Å². The van der Waals surface area contributed by atoms with Gasteiger partial charge in [0, 0.05) is 60.2 Å². The van der Waals surface area contributed by atoms with Crippen molar-refractivity contribution in [2.75, 3.05) is 25.6 Å². The van der Waals surface area contributed by atoms with Crippen LogP contribution in [0.3, 0.4) is 0 Å². The molecule has 2 heterocycles. The Labute approximate surface area is 220 Å². The summed E-state index contributed by atoms with van der Waals surface area (Å²) in [5.41, 5.74) is 0.517. The van der Waals surface area contributed by atoms with E-state index < -0.39 is 11.9 Å². The highest BCUT2D eigenvalue weighted by Gasteiger charge is 2.33. The molecule has 0 spiro atoms. The van der Waals surface area contributed by atoms with E-state index in [4.69, 9.17) is 16.3 Å². The summed E-state index contributed by atoms with van der Waals surface area (Å²) in [6, 6.07) is 12.5. The molecule has 0 radical (unpaired) electrons. The first-order chi connectivity index (χ1) is 18.2. The summed E-state index contributed by atoms with van der Waals surface area (Å²) in [5.74, 6) is 0.647. The van der Waals surface area contributed by atoms with Crippen LogP contribution >= 0.6 is 11.6 Å². The Hall–Kier alpha value is -4.32. The lowest BCUT2D eigenvalue weighted by molar-refractivity contribution is -0.141. The molecule has 1 amide bonds. The molecule has 0 aliphatic carbocycles. The third-order valence-corrected chi connectivity index (χ3v) is 5.84. The summed E-state index contributed by atoms with van der Waals surface area (Å²) >= 11 is 6.40. The Balaban J connectivity index is 1.62. The second kappa shape index (κ2) is 11.4. The molecule has 1 N–H and O–H groups in total. The molecule has 0 saturated carbocycles. The van der Waals surface area contributed by atoms with Crippen LogP contribution in [0.1, 0.15) is 27.4 Å². The van der Waals surface area contributed by atoms with E-state index in [1.807, 2.05) is 0 Å². The van der Waals surface area contributed by atoms with E-state index in [1.165, 1.54) is 36.4 Å². The van der Waals surface area contributed by atoms with Gasteiger partial charge in [-0.05, 0) is 46.8 Å². The number of ether oxygens (including phenoxy) is 1. The van der Waals surface area contributed by atoms with Crippen molar-refractivity contribution < 1.29 is 22.7 Å². The Morgan fingerprint density at radius 1 is 1.18 bits per heavy atom. The standard InChI is InChI=1S/C25H21ClF3N7O2/c1-30-13-16-12-22(25(27,28)29)31-14-18(16)17-11-15(7-8-19(17)26)24(37)36(2)20-5-3-4-6-21(20)38-10-9-23-32-34-35-33-23/h3-8,11-14H,9-10H2,1-2H3,(H,32,33,34,35)/b30-13+. The van der Waals surface area contributed by atoms with Gasteiger partial charge in [-0.25, -0.2) is 5.10 Å². The molecule has 38 heavy (non-hydrogen) atoms. The first kappa shape index (κ1) is 26.7. The smallest absolute Gasteiger partial charge is 0.433 e. The highest BCUT2D eigenvalue weighted by Crippen LogP contribution is 2.35. The maximum Gasteiger partial charge on any atom is 0.433 e. The summed E-state index contributed by atoms with van der Waals surface area (Å²) in [7, 11) is 3.03. The second-order valence-corrected chi connectivity index (χ2v) is 8.42. The van der Waals surface area contributed by atoms with E-state index in [2.05, 4.69) is 30.6 Å². The molecule has 0 aliphatic heterocycles. The van der Waals surface area contributed by atoms with E-state index >= 15 is 0 Å². The molecular weight excluding hydrogens is 523 g/mol. The van der Waals surface area contributed by atoms with Crippen LogP contribution in [0, 0.1) is 0 Å². The monoisotopic (exact) mass is 543 g/mol. The van der Waals surface area contributed by atoms with Gasteiger partial charge < -0.3 is 9.64 Å². The molecule has 4 aromatic rings. The van der Waals surface area contributed by atoms with Gasteiger partial charge in [-0.15, -0.1) is 5.10 Å². The van der Waals surface area contributed by atoms with Gasteiger partial charge in [-0.2, -0.15) is 13.2 Å². The molecule has 2 aromatic carbocycles. The van der Waals surface area contributed by atoms with E-state index in [-0.39, 0.29) is 28.7 Å². The topological polar surface area (TPSA) is 109 Å². The van der Waals surface area contributed by atoms with Crippen LogP contribution in [-0.2, 0) is 12.6 Å². The number of aliphatic imine (C=N–C) groups is 1. The first-order valence-electron chi connectivity index (χ1n) is 11.2. The van der Waals surface area contributed by atoms with Gasteiger partial charge in [0.05, 0.1) is 12.3 Å². The van der Waals surface area contributed by atoms with Gasteiger partial charge in [0.2, 0.25) is 0 Å². The number of anilines is 1. The van der Waals surface area contributed by atoms with Crippen LogP contribution in [0.25, 0.3) is 11.1 Å². The molecule has 0 fully saturated rings. The molecule has 13 heteroatoms. The van der Waals surface area contributed by atoms with E-state index in [1.54, 1.807) is 31.3 Å². The van der Waals surface area contributed by atoms with Crippen molar-refractivity contribution in [3.63, 3.8) is 0 Å². The molecule has 0 saturated heterocycles. The zero-order valence-corrected chi connectivity index (χ0v) is 21.0. The maximum atomic E-state index is 13.5. The number of tetrazole rings is 1. The molecule has 0 bridgehead atoms. The van der Waals surface area contributed by atoms with E-state index in [0.717, 1.165) is 12.3 Å². The predicted molar refractivity (Wildman–Crippen MR) is 136 cm³/mol. The number of carbonyl (C=O) groups excluding carboxylic acids is 1. The highest BCUT2D eigenvalue weighted by atomic mass is 35.5. The summed E-state index contributed by atoms with van der Waals surface area (Å²) in [4.78, 5) is 22.3. The average molecular weight is 544 g/mol. The lowest BCUT2D eigenvalue weighted by atomic mass is 9.99. The number of nitrogens with one attached hydrogen (secondary N) is 1. The van der Waals surface area contributed by atoms with Crippen molar-refractivity contribution in [1.29, 1.82) is 0 Å². The largest absolute Gasteiger partial charge is 0.491 e. The number of hydrogen-bond acceptors (Lipinski definition) is 7. The van der Waals surface area contributed by atoms with Crippen molar-refractivity contribution in [3.05, 3.63) is 82.4 Å². The number of H-pyrrole nitrogens is 1. The van der Waals surface area contributed by atoms with E-state index in [0.29, 0.717) is 34.8 Å². The number of halogens is 4. The summed E-state index contributed by atoms with van der Waals surface area (Å²) < 4.78 is 45.5. The summed E-state index contributed by atoms with van der Waals surface area (Å²) in [6.45, 7) is 0.268. The number of aromatic amines is 1. The van der Waals surface area contributed by atoms with Crippen LogP contribution < -0.4 is 9.64 Å². The maximum absolute atomic E-state index is 13.5. The number of rotatable bonds is 8. The Morgan fingerprint density at radius 2 is 1.97 bits per heavy atom. The number of aromatic nitrogens is 5. The molecule has 0 aliphatic rings. The fourth-order valence-electron chi connectivity index (χ4n) is 3.66. The highest BCUT2D eigenvalue weighted by molar-refractivity contribution is 6.33. The number of nitrogens with zero attached hydrogens (tertiary/aromatic N) is 6. The first-order valence-corrected chi connectivity index (χ1v) is 11.6. The minimum Gasteiger partial charge on any atom is -0.491 e.